The van der Waals surface area contributed by atoms with Crippen LogP contribution in [0, 0.1) is 0 Å². The Labute approximate surface area is 183 Å². The van der Waals surface area contributed by atoms with Gasteiger partial charge in [0, 0.05) is 6.42 Å². The molecule has 9 nitrogen and oxygen atoms in total. The van der Waals surface area contributed by atoms with E-state index in [9.17, 15) is 24.3 Å². The summed E-state index contributed by atoms with van der Waals surface area (Å²) in [5, 5.41) is 17.1. The third-order valence-electron chi connectivity index (χ3n) is 4.70. The molecule has 0 radical (unpaired) electrons. The van der Waals surface area contributed by atoms with Gasteiger partial charge in [0.1, 0.15) is 18.1 Å². The first-order valence-corrected chi connectivity index (χ1v) is 10.4. The topological polar surface area (TPSA) is 151 Å². The van der Waals surface area contributed by atoms with Gasteiger partial charge in [0.15, 0.2) is 0 Å². The Morgan fingerprint density at radius 2 is 1.58 bits per heavy atom. The van der Waals surface area contributed by atoms with E-state index in [1.165, 1.54) is 20.8 Å². The first-order chi connectivity index (χ1) is 14.5. The highest BCUT2D eigenvalue weighted by Crippen LogP contribution is 2.07. The van der Waals surface area contributed by atoms with Gasteiger partial charge in [-0.3, -0.25) is 14.4 Å². The van der Waals surface area contributed by atoms with Crippen molar-refractivity contribution < 1.29 is 24.3 Å². The van der Waals surface area contributed by atoms with E-state index in [1.807, 2.05) is 13.0 Å². The van der Waals surface area contributed by atoms with E-state index in [2.05, 4.69) is 16.0 Å². The van der Waals surface area contributed by atoms with E-state index in [-0.39, 0.29) is 6.42 Å². The molecule has 0 fully saturated rings. The summed E-state index contributed by atoms with van der Waals surface area (Å²) in [7, 11) is 0. The number of nitrogens with two attached hydrogens (primary N) is 1. The molecule has 0 aromatic heterocycles. The predicted molar refractivity (Wildman–Crippen MR) is 117 cm³/mol. The fraction of sp³-hybridized carbons (Fsp3) is 0.545. The molecule has 1 aromatic rings. The number of hydrogen-bond donors (Lipinski definition) is 5. The highest BCUT2D eigenvalue weighted by molar-refractivity contribution is 5.94. The van der Waals surface area contributed by atoms with Crippen LogP contribution in [-0.2, 0) is 25.6 Å². The summed E-state index contributed by atoms with van der Waals surface area (Å²) < 4.78 is 0. The number of aliphatic carboxylic acids is 1. The van der Waals surface area contributed by atoms with Crippen LogP contribution in [0.15, 0.2) is 30.3 Å². The molecule has 0 saturated heterocycles. The number of benzene rings is 1. The largest absolute Gasteiger partial charge is 0.480 e. The zero-order chi connectivity index (χ0) is 23.6. The number of carbonyl (C=O) groups is 4. The number of nitrogens with one attached hydrogen (secondary N) is 3. The minimum Gasteiger partial charge on any atom is -0.480 e. The highest BCUT2D eigenvalue weighted by Gasteiger charge is 2.30. The summed E-state index contributed by atoms with van der Waals surface area (Å²) in [6.07, 6.45) is 1.90. The predicted octanol–water partition coefficient (Wildman–Crippen LogP) is 0.716. The second-order valence-corrected chi connectivity index (χ2v) is 8.21. The molecule has 0 spiro atoms. The Kier molecular flexibility index (Phi) is 10.1. The van der Waals surface area contributed by atoms with Crippen LogP contribution < -0.4 is 21.7 Å². The molecule has 31 heavy (non-hydrogen) atoms. The van der Waals surface area contributed by atoms with Gasteiger partial charge in [-0.15, -0.1) is 0 Å². The number of unbranched alkanes of at least 4 members (excludes halogenated alkanes) is 1. The van der Waals surface area contributed by atoms with Crippen molar-refractivity contribution >= 4 is 23.7 Å². The van der Waals surface area contributed by atoms with Crippen LogP contribution in [0.2, 0.25) is 0 Å². The average molecular weight is 435 g/mol. The van der Waals surface area contributed by atoms with Crippen molar-refractivity contribution in [2.24, 2.45) is 5.73 Å². The van der Waals surface area contributed by atoms with Crippen molar-refractivity contribution in [3.8, 4) is 0 Å². The molecule has 0 aliphatic rings. The number of amides is 3. The molecule has 1 rings (SSSR count). The normalized spacial score (nSPS) is 14.1. The molecule has 1 aromatic carbocycles. The summed E-state index contributed by atoms with van der Waals surface area (Å²) in [6.45, 7) is 6.44. The summed E-state index contributed by atoms with van der Waals surface area (Å²) in [4.78, 5) is 49.1. The lowest BCUT2D eigenvalue weighted by Crippen LogP contribution is -2.58. The van der Waals surface area contributed by atoms with Crippen molar-refractivity contribution in [3.63, 3.8) is 0 Å². The smallest absolute Gasteiger partial charge is 0.326 e. The van der Waals surface area contributed by atoms with Crippen LogP contribution in [-0.4, -0.2) is 52.5 Å². The van der Waals surface area contributed by atoms with Crippen molar-refractivity contribution in [1.29, 1.82) is 0 Å². The Balaban J connectivity index is 2.95. The number of carboxylic acid groups (broad SMARTS) is 1. The Hall–Kier alpha value is -2.94. The van der Waals surface area contributed by atoms with Gasteiger partial charge < -0.3 is 26.8 Å². The molecule has 0 saturated carbocycles. The van der Waals surface area contributed by atoms with E-state index < -0.39 is 47.4 Å². The van der Waals surface area contributed by atoms with E-state index in [0.29, 0.717) is 12.8 Å². The molecule has 6 N–H and O–H groups in total. The molecule has 3 amide bonds. The van der Waals surface area contributed by atoms with Gasteiger partial charge in [-0.25, -0.2) is 4.79 Å². The summed E-state index contributed by atoms with van der Waals surface area (Å²) in [6, 6.07) is 6.06. The third-order valence-corrected chi connectivity index (χ3v) is 4.70. The fourth-order valence-corrected chi connectivity index (χ4v) is 2.74. The quantitative estimate of drug-likeness (QED) is 0.327. The number of carboxylic acids is 1. The molecule has 0 bridgehead atoms. The molecule has 9 heteroatoms. The maximum Gasteiger partial charge on any atom is 0.326 e. The monoisotopic (exact) mass is 434 g/mol. The van der Waals surface area contributed by atoms with E-state index >= 15 is 0 Å². The lowest BCUT2D eigenvalue weighted by atomic mass is 10.0. The third kappa shape index (κ3) is 9.17. The summed E-state index contributed by atoms with van der Waals surface area (Å²) in [5.74, 6) is -2.81. The van der Waals surface area contributed by atoms with Crippen molar-refractivity contribution in [2.75, 3.05) is 0 Å². The van der Waals surface area contributed by atoms with Gasteiger partial charge in [0.25, 0.3) is 0 Å². The Morgan fingerprint density at radius 3 is 2.10 bits per heavy atom. The van der Waals surface area contributed by atoms with Crippen LogP contribution >= 0.6 is 0 Å². The maximum atomic E-state index is 12.9. The van der Waals surface area contributed by atoms with Crippen molar-refractivity contribution in [3.05, 3.63) is 35.9 Å². The molecular weight excluding hydrogens is 400 g/mol. The van der Waals surface area contributed by atoms with Crippen molar-refractivity contribution in [2.45, 2.75) is 77.0 Å². The van der Waals surface area contributed by atoms with Crippen LogP contribution in [0.25, 0.3) is 0 Å². The van der Waals surface area contributed by atoms with Crippen molar-refractivity contribution in [1.82, 2.24) is 16.0 Å². The molecule has 0 heterocycles. The van der Waals surface area contributed by atoms with E-state index in [4.69, 9.17) is 5.73 Å². The minimum atomic E-state index is -1.16. The van der Waals surface area contributed by atoms with Gasteiger partial charge in [0.2, 0.25) is 17.7 Å². The summed E-state index contributed by atoms with van der Waals surface area (Å²) in [5.41, 5.74) is 5.37. The molecule has 172 valence electrons. The molecule has 0 unspecified atom stereocenters. The standard InChI is InChI=1S/C22H34N4O5/c1-5-6-12-16(20(29)30)25-19(28)17(13-15-10-8-7-9-11-15)26-18(27)14(2)24-21(31)22(3,4)23/h7-11,14,16-17H,5-6,12-13,23H2,1-4H3,(H,24,31)(H,25,28)(H,26,27)(H,29,30)/t14-,16-,17-/m0/s1. The van der Waals surface area contributed by atoms with Crippen LogP contribution in [0.3, 0.4) is 0 Å². The van der Waals surface area contributed by atoms with Crippen LogP contribution in [0.1, 0.15) is 52.5 Å². The first kappa shape index (κ1) is 26.1. The zero-order valence-electron chi connectivity index (χ0n) is 18.6. The molecule has 0 aliphatic heterocycles. The van der Waals surface area contributed by atoms with Crippen LogP contribution in [0.4, 0.5) is 0 Å². The second kappa shape index (κ2) is 12.0. The fourth-order valence-electron chi connectivity index (χ4n) is 2.74. The molecular formula is C22H34N4O5. The number of hydrogen-bond acceptors (Lipinski definition) is 5. The van der Waals surface area contributed by atoms with Gasteiger partial charge in [0.05, 0.1) is 5.54 Å². The number of rotatable bonds is 12. The zero-order valence-corrected chi connectivity index (χ0v) is 18.6. The van der Waals surface area contributed by atoms with E-state index in [1.54, 1.807) is 24.3 Å². The Bertz CT molecular complexity index is 761. The molecule has 0 aliphatic carbocycles. The second-order valence-electron chi connectivity index (χ2n) is 8.21. The van der Waals surface area contributed by atoms with Gasteiger partial charge >= 0.3 is 5.97 Å². The lowest BCUT2D eigenvalue weighted by Gasteiger charge is -2.25. The minimum absolute atomic E-state index is 0.168. The van der Waals surface area contributed by atoms with E-state index in [0.717, 1.165) is 12.0 Å². The molecule has 3 atom stereocenters. The average Bonchev–Trinajstić information content (AvgIpc) is 2.70. The van der Waals surface area contributed by atoms with Gasteiger partial charge in [-0.05, 0) is 32.8 Å². The maximum absolute atomic E-state index is 12.9. The van der Waals surface area contributed by atoms with Gasteiger partial charge in [-0.2, -0.15) is 0 Å². The van der Waals surface area contributed by atoms with Crippen LogP contribution in [0.5, 0.6) is 0 Å². The number of carbonyl (C=O) groups excluding carboxylic acids is 3. The van der Waals surface area contributed by atoms with Gasteiger partial charge in [-0.1, -0.05) is 50.1 Å². The Morgan fingerprint density at radius 1 is 1.00 bits per heavy atom. The lowest BCUT2D eigenvalue weighted by molar-refractivity contribution is -0.142. The SMILES string of the molecule is CCCC[C@H](NC(=O)[C@H](Cc1ccccc1)NC(=O)[C@H](C)NC(=O)C(C)(C)N)C(=O)O. The first-order valence-electron chi connectivity index (χ1n) is 10.4. The highest BCUT2D eigenvalue weighted by atomic mass is 16.4. The summed E-state index contributed by atoms with van der Waals surface area (Å²) >= 11 is 0.